The van der Waals surface area contributed by atoms with Crippen LogP contribution >= 0.6 is 0 Å². The third-order valence-electron chi connectivity index (χ3n) is 2.80. The third kappa shape index (κ3) is 1.71. The number of aromatic amines is 2. The van der Waals surface area contributed by atoms with Crippen LogP contribution < -0.4 is 15.9 Å². The average Bonchev–Trinajstić information content (AvgIpc) is 2.89. The van der Waals surface area contributed by atoms with Gasteiger partial charge in [0.2, 0.25) is 0 Å². The Morgan fingerprint density at radius 3 is 2.63 bits per heavy atom. The number of para-hydroxylation sites is 2. The van der Waals surface area contributed by atoms with Gasteiger partial charge in [-0.05, 0) is 12.1 Å². The third-order valence-corrected chi connectivity index (χ3v) is 2.80. The molecule has 96 valence electrons. The van der Waals surface area contributed by atoms with Gasteiger partial charge in [0.05, 0.1) is 12.5 Å². The number of aromatic nitrogens is 4. The van der Waals surface area contributed by atoms with E-state index in [1.54, 1.807) is 19.2 Å². The second-order valence-corrected chi connectivity index (χ2v) is 3.92. The molecule has 0 atom stereocenters. The van der Waals surface area contributed by atoms with Crippen LogP contribution in [0.2, 0.25) is 0 Å². The summed E-state index contributed by atoms with van der Waals surface area (Å²) in [6.45, 7) is 0. The van der Waals surface area contributed by atoms with Crippen molar-refractivity contribution in [2.45, 2.75) is 0 Å². The Kier molecular flexibility index (Phi) is 2.45. The van der Waals surface area contributed by atoms with Gasteiger partial charge in [0.15, 0.2) is 5.52 Å². The molecule has 0 saturated heterocycles. The number of nitrogens with one attached hydrogen (secondary N) is 2. The molecule has 7 heteroatoms. The number of hydrogen-bond donors (Lipinski definition) is 2. The van der Waals surface area contributed by atoms with Crippen LogP contribution in [0.4, 0.5) is 0 Å². The van der Waals surface area contributed by atoms with E-state index in [2.05, 4.69) is 15.3 Å². The van der Waals surface area contributed by atoms with Gasteiger partial charge in [-0.1, -0.05) is 12.1 Å². The van der Waals surface area contributed by atoms with E-state index in [4.69, 9.17) is 4.74 Å². The highest BCUT2D eigenvalue weighted by Gasteiger charge is 2.11. The lowest BCUT2D eigenvalue weighted by atomic mass is 10.3. The van der Waals surface area contributed by atoms with Gasteiger partial charge in [-0.15, -0.1) is 0 Å². The standard InChI is InChI=1S/C12H10N4O3/c1-19-9-5-3-2-4-8(9)16-6-7-10(15-16)12(18)14-13-11(7)17/h2-6H,1H3,(H,13,17)(H,14,18). The maximum absolute atomic E-state index is 11.6. The molecule has 2 aromatic heterocycles. The fraction of sp³-hybridized carbons (Fsp3) is 0.0833. The Hall–Kier alpha value is -2.83. The number of fused-ring (bicyclic) bond motifs is 1. The highest BCUT2D eigenvalue weighted by molar-refractivity contribution is 5.76. The number of benzene rings is 1. The second kappa shape index (κ2) is 4.13. The maximum Gasteiger partial charge on any atom is 0.291 e. The molecular weight excluding hydrogens is 248 g/mol. The Labute approximate surface area is 106 Å². The maximum atomic E-state index is 11.6. The summed E-state index contributed by atoms with van der Waals surface area (Å²) < 4.78 is 6.68. The molecule has 2 N–H and O–H groups in total. The second-order valence-electron chi connectivity index (χ2n) is 3.92. The molecule has 19 heavy (non-hydrogen) atoms. The summed E-state index contributed by atoms with van der Waals surface area (Å²) in [5.74, 6) is 0.600. The lowest BCUT2D eigenvalue weighted by Crippen LogP contribution is -2.18. The molecular formula is C12H10N4O3. The Morgan fingerprint density at radius 2 is 1.89 bits per heavy atom. The van der Waals surface area contributed by atoms with E-state index in [0.29, 0.717) is 11.4 Å². The van der Waals surface area contributed by atoms with Crippen LogP contribution in [-0.2, 0) is 0 Å². The summed E-state index contributed by atoms with van der Waals surface area (Å²) in [6.07, 6.45) is 1.50. The number of methoxy groups -OCH3 is 1. The molecule has 3 rings (SSSR count). The lowest BCUT2D eigenvalue weighted by molar-refractivity contribution is 0.412. The first kappa shape index (κ1) is 11.3. The Morgan fingerprint density at radius 1 is 1.16 bits per heavy atom. The van der Waals surface area contributed by atoms with Crippen LogP contribution in [0.15, 0.2) is 40.1 Å². The largest absolute Gasteiger partial charge is 0.494 e. The quantitative estimate of drug-likeness (QED) is 0.696. The van der Waals surface area contributed by atoms with Crippen molar-refractivity contribution in [1.82, 2.24) is 20.0 Å². The minimum atomic E-state index is -0.441. The van der Waals surface area contributed by atoms with Gasteiger partial charge in [-0.25, -0.2) is 4.68 Å². The molecule has 1 aromatic carbocycles. The smallest absolute Gasteiger partial charge is 0.291 e. The SMILES string of the molecule is COc1ccccc1-n1cc2c(=O)[nH][nH]c(=O)c2n1. The fourth-order valence-electron chi connectivity index (χ4n) is 1.89. The molecule has 0 aliphatic heterocycles. The van der Waals surface area contributed by atoms with Crippen molar-refractivity contribution in [3.05, 3.63) is 51.2 Å². The van der Waals surface area contributed by atoms with Crippen molar-refractivity contribution in [3.63, 3.8) is 0 Å². The first-order chi connectivity index (χ1) is 9.20. The van der Waals surface area contributed by atoms with Crippen molar-refractivity contribution in [1.29, 1.82) is 0 Å². The zero-order valence-corrected chi connectivity index (χ0v) is 10.0. The molecule has 3 aromatic rings. The van der Waals surface area contributed by atoms with Crippen LogP contribution in [-0.4, -0.2) is 27.1 Å². The molecule has 0 spiro atoms. The number of hydrogen-bond acceptors (Lipinski definition) is 4. The first-order valence-corrected chi connectivity index (χ1v) is 5.54. The molecule has 0 aliphatic carbocycles. The van der Waals surface area contributed by atoms with Crippen LogP contribution in [0.25, 0.3) is 16.6 Å². The fourth-order valence-corrected chi connectivity index (χ4v) is 1.89. The number of ether oxygens (including phenoxy) is 1. The van der Waals surface area contributed by atoms with E-state index < -0.39 is 11.1 Å². The number of H-pyrrole nitrogens is 2. The Bertz CT molecular complexity index is 812. The average molecular weight is 258 g/mol. The van der Waals surface area contributed by atoms with Gasteiger partial charge >= 0.3 is 0 Å². The molecule has 0 unspecified atom stereocenters. The molecule has 0 radical (unpaired) electrons. The summed E-state index contributed by atoms with van der Waals surface area (Å²) in [4.78, 5) is 23.2. The highest BCUT2D eigenvalue weighted by atomic mass is 16.5. The zero-order valence-electron chi connectivity index (χ0n) is 10.0. The normalized spacial score (nSPS) is 10.8. The monoisotopic (exact) mass is 258 g/mol. The highest BCUT2D eigenvalue weighted by Crippen LogP contribution is 2.21. The summed E-state index contributed by atoms with van der Waals surface area (Å²) >= 11 is 0. The summed E-state index contributed by atoms with van der Waals surface area (Å²) in [7, 11) is 1.54. The number of nitrogens with zero attached hydrogens (tertiary/aromatic N) is 2. The van der Waals surface area contributed by atoms with E-state index in [1.807, 2.05) is 12.1 Å². The minimum absolute atomic E-state index is 0.0923. The molecule has 7 nitrogen and oxygen atoms in total. The lowest BCUT2D eigenvalue weighted by Gasteiger charge is -2.06. The van der Waals surface area contributed by atoms with Crippen molar-refractivity contribution < 1.29 is 4.74 Å². The van der Waals surface area contributed by atoms with E-state index in [0.717, 1.165) is 0 Å². The van der Waals surface area contributed by atoms with E-state index >= 15 is 0 Å². The summed E-state index contributed by atoms with van der Waals surface area (Å²) in [6, 6.07) is 7.20. The Balaban J connectivity index is 2.33. The minimum Gasteiger partial charge on any atom is -0.494 e. The molecule has 0 aliphatic rings. The van der Waals surface area contributed by atoms with Crippen LogP contribution in [0.5, 0.6) is 5.75 Å². The van der Waals surface area contributed by atoms with Crippen LogP contribution in [0.1, 0.15) is 0 Å². The van der Waals surface area contributed by atoms with Crippen molar-refractivity contribution in [2.24, 2.45) is 0 Å². The van der Waals surface area contributed by atoms with Gasteiger partial charge in [0.1, 0.15) is 11.4 Å². The zero-order chi connectivity index (χ0) is 13.4. The van der Waals surface area contributed by atoms with Gasteiger partial charge in [0.25, 0.3) is 11.1 Å². The molecule has 0 fully saturated rings. The molecule has 0 amide bonds. The van der Waals surface area contributed by atoms with E-state index in [1.165, 1.54) is 10.9 Å². The van der Waals surface area contributed by atoms with E-state index in [-0.39, 0.29) is 10.9 Å². The van der Waals surface area contributed by atoms with Crippen LogP contribution in [0.3, 0.4) is 0 Å². The summed E-state index contributed by atoms with van der Waals surface area (Å²) in [5.41, 5.74) is -0.0892. The predicted molar refractivity (Wildman–Crippen MR) is 68.9 cm³/mol. The molecule has 2 heterocycles. The molecule has 0 saturated carbocycles. The van der Waals surface area contributed by atoms with Crippen LogP contribution in [0, 0.1) is 0 Å². The van der Waals surface area contributed by atoms with Gasteiger partial charge < -0.3 is 4.74 Å². The molecule has 0 bridgehead atoms. The topological polar surface area (TPSA) is 92.8 Å². The van der Waals surface area contributed by atoms with Crippen molar-refractivity contribution >= 4 is 10.9 Å². The van der Waals surface area contributed by atoms with Gasteiger partial charge in [-0.2, -0.15) is 5.10 Å². The summed E-state index contributed by atoms with van der Waals surface area (Å²) in [5, 5.41) is 8.85. The number of rotatable bonds is 2. The van der Waals surface area contributed by atoms with Crippen molar-refractivity contribution in [2.75, 3.05) is 7.11 Å². The first-order valence-electron chi connectivity index (χ1n) is 5.54. The van der Waals surface area contributed by atoms with Gasteiger partial charge in [-0.3, -0.25) is 19.8 Å². The van der Waals surface area contributed by atoms with Crippen molar-refractivity contribution in [3.8, 4) is 11.4 Å². The predicted octanol–water partition coefficient (Wildman–Crippen LogP) is 0.411. The van der Waals surface area contributed by atoms with E-state index in [9.17, 15) is 9.59 Å². The van der Waals surface area contributed by atoms with Gasteiger partial charge in [0, 0.05) is 6.20 Å².